The zero-order chi connectivity index (χ0) is 16.1. The van der Waals surface area contributed by atoms with Gasteiger partial charge in [0, 0.05) is 6.54 Å². The van der Waals surface area contributed by atoms with Crippen LogP contribution in [0.15, 0.2) is 67.1 Å². The van der Waals surface area contributed by atoms with Gasteiger partial charge < -0.3 is 9.67 Å². The summed E-state index contributed by atoms with van der Waals surface area (Å²) in [7, 11) is 0. The Labute approximate surface area is 137 Å². The van der Waals surface area contributed by atoms with E-state index in [-0.39, 0.29) is 0 Å². The number of benzene rings is 2. The van der Waals surface area contributed by atoms with Gasteiger partial charge in [-0.1, -0.05) is 60.2 Å². The van der Waals surface area contributed by atoms with Gasteiger partial charge in [0.25, 0.3) is 0 Å². The molecular weight excluding hydrogens is 284 g/mol. The van der Waals surface area contributed by atoms with Crippen LogP contribution in [0.4, 0.5) is 0 Å². The summed E-state index contributed by atoms with van der Waals surface area (Å²) in [4.78, 5) is 4.21. The van der Waals surface area contributed by atoms with Gasteiger partial charge in [-0.25, -0.2) is 4.98 Å². The first-order valence-electron chi connectivity index (χ1n) is 8.00. The molecule has 0 aliphatic carbocycles. The first-order valence-corrected chi connectivity index (χ1v) is 8.00. The normalized spacial score (nSPS) is 12.3. The van der Waals surface area contributed by atoms with Gasteiger partial charge in [0.2, 0.25) is 0 Å². The maximum Gasteiger partial charge on any atom is 0.0959 e. The molecule has 2 aromatic carbocycles. The fourth-order valence-corrected chi connectivity index (χ4v) is 2.73. The predicted octanol–water partition coefficient (Wildman–Crippen LogP) is 3.91. The highest BCUT2D eigenvalue weighted by Gasteiger charge is 2.13. The summed E-state index contributed by atoms with van der Waals surface area (Å²) in [5.41, 5.74) is 4.59. The van der Waals surface area contributed by atoms with E-state index in [4.69, 9.17) is 0 Å². The molecule has 1 heterocycles. The number of aryl methyl sites for hydroxylation is 2. The Morgan fingerprint density at radius 3 is 2.48 bits per heavy atom. The van der Waals surface area contributed by atoms with Crippen LogP contribution in [-0.4, -0.2) is 14.7 Å². The average molecular weight is 306 g/mol. The molecule has 3 aromatic rings. The van der Waals surface area contributed by atoms with Crippen molar-refractivity contribution < 1.29 is 5.11 Å². The second kappa shape index (κ2) is 7.25. The third-order valence-corrected chi connectivity index (χ3v) is 4.11. The molecule has 23 heavy (non-hydrogen) atoms. The minimum atomic E-state index is -0.497. The molecular formula is C20H22N2O. The lowest BCUT2D eigenvalue weighted by atomic mass is 10.1. The SMILES string of the molecule is Cc1ccc(Cn2cncc2C(O)CCc2ccccc2)cc1. The number of hydrogen-bond acceptors (Lipinski definition) is 2. The minimum absolute atomic E-state index is 0.497. The zero-order valence-electron chi connectivity index (χ0n) is 13.4. The average Bonchev–Trinajstić information content (AvgIpc) is 3.04. The third kappa shape index (κ3) is 4.08. The Morgan fingerprint density at radius 1 is 1.00 bits per heavy atom. The van der Waals surface area contributed by atoms with E-state index in [0.717, 1.165) is 18.7 Å². The minimum Gasteiger partial charge on any atom is -0.387 e. The van der Waals surface area contributed by atoms with E-state index in [2.05, 4.69) is 48.3 Å². The van der Waals surface area contributed by atoms with E-state index in [9.17, 15) is 5.11 Å². The molecule has 3 heteroatoms. The van der Waals surface area contributed by atoms with Crippen molar-refractivity contribution in [2.45, 2.75) is 32.4 Å². The van der Waals surface area contributed by atoms with E-state index < -0.39 is 6.10 Å². The van der Waals surface area contributed by atoms with Crippen molar-refractivity contribution in [1.29, 1.82) is 0 Å². The number of nitrogens with zero attached hydrogens (tertiary/aromatic N) is 2. The summed E-state index contributed by atoms with van der Waals surface area (Å²) >= 11 is 0. The molecule has 0 bridgehead atoms. The number of hydrogen-bond donors (Lipinski definition) is 1. The summed E-state index contributed by atoms with van der Waals surface area (Å²) in [5.74, 6) is 0. The van der Waals surface area contributed by atoms with Crippen LogP contribution >= 0.6 is 0 Å². The van der Waals surface area contributed by atoms with Crippen LogP contribution in [0.1, 0.15) is 34.9 Å². The number of aromatic nitrogens is 2. The van der Waals surface area contributed by atoms with Crippen molar-refractivity contribution >= 4 is 0 Å². The summed E-state index contributed by atoms with van der Waals surface area (Å²) in [5, 5.41) is 10.5. The molecule has 0 radical (unpaired) electrons. The lowest BCUT2D eigenvalue weighted by Gasteiger charge is -2.14. The predicted molar refractivity (Wildman–Crippen MR) is 92.2 cm³/mol. The lowest BCUT2D eigenvalue weighted by molar-refractivity contribution is 0.159. The topological polar surface area (TPSA) is 38.0 Å². The zero-order valence-corrected chi connectivity index (χ0v) is 13.4. The fraction of sp³-hybridized carbons (Fsp3) is 0.250. The van der Waals surface area contributed by atoms with E-state index in [0.29, 0.717) is 6.42 Å². The highest BCUT2D eigenvalue weighted by atomic mass is 16.3. The molecule has 0 saturated carbocycles. The highest BCUT2D eigenvalue weighted by molar-refractivity contribution is 5.22. The second-order valence-corrected chi connectivity index (χ2v) is 5.97. The third-order valence-electron chi connectivity index (χ3n) is 4.11. The van der Waals surface area contributed by atoms with Crippen molar-refractivity contribution in [3.8, 4) is 0 Å². The first kappa shape index (κ1) is 15.5. The first-order chi connectivity index (χ1) is 11.2. The molecule has 3 rings (SSSR count). The van der Waals surface area contributed by atoms with Crippen molar-refractivity contribution in [1.82, 2.24) is 9.55 Å². The standard InChI is InChI=1S/C20H22N2O/c1-16-7-9-18(10-8-16)14-22-15-21-13-19(22)20(23)12-11-17-5-3-2-4-6-17/h2-10,13,15,20,23H,11-12,14H2,1H3. The molecule has 1 atom stereocenters. The lowest BCUT2D eigenvalue weighted by Crippen LogP contribution is -2.09. The largest absolute Gasteiger partial charge is 0.387 e. The van der Waals surface area contributed by atoms with Crippen LogP contribution in [0.5, 0.6) is 0 Å². The smallest absolute Gasteiger partial charge is 0.0959 e. The Balaban J connectivity index is 1.66. The van der Waals surface area contributed by atoms with Crippen LogP contribution < -0.4 is 0 Å². The van der Waals surface area contributed by atoms with Crippen LogP contribution in [0, 0.1) is 6.92 Å². The maximum atomic E-state index is 10.5. The number of rotatable bonds is 6. The second-order valence-electron chi connectivity index (χ2n) is 5.97. The van der Waals surface area contributed by atoms with Gasteiger partial charge in [-0.2, -0.15) is 0 Å². The van der Waals surface area contributed by atoms with Gasteiger partial charge >= 0.3 is 0 Å². The van der Waals surface area contributed by atoms with Gasteiger partial charge in [-0.3, -0.25) is 0 Å². The molecule has 0 amide bonds. The van der Waals surface area contributed by atoms with E-state index >= 15 is 0 Å². The van der Waals surface area contributed by atoms with E-state index in [1.54, 1.807) is 12.5 Å². The maximum absolute atomic E-state index is 10.5. The Bertz CT molecular complexity index is 732. The molecule has 1 N–H and O–H groups in total. The van der Waals surface area contributed by atoms with Crippen molar-refractivity contribution in [2.75, 3.05) is 0 Å². The van der Waals surface area contributed by atoms with Crippen molar-refractivity contribution in [3.05, 3.63) is 89.5 Å². The molecule has 0 fully saturated rings. The summed E-state index contributed by atoms with van der Waals surface area (Å²) in [6, 6.07) is 18.7. The van der Waals surface area contributed by atoms with E-state index in [1.807, 2.05) is 22.8 Å². The fourth-order valence-electron chi connectivity index (χ4n) is 2.73. The van der Waals surface area contributed by atoms with Gasteiger partial charge in [-0.15, -0.1) is 0 Å². The van der Waals surface area contributed by atoms with Crippen LogP contribution in [0.3, 0.4) is 0 Å². The van der Waals surface area contributed by atoms with Crippen LogP contribution in [0.25, 0.3) is 0 Å². The van der Waals surface area contributed by atoms with Crippen molar-refractivity contribution in [3.63, 3.8) is 0 Å². The molecule has 0 spiro atoms. The van der Waals surface area contributed by atoms with Crippen LogP contribution in [0.2, 0.25) is 0 Å². The van der Waals surface area contributed by atoms with E-state index in [1.165, 1.54) is 16.7 Å². The van der Waals surface area contributed by atoms with Gasteiger partial charge in [0.05, 0.1) is 24.3 Å². The summed E-state index contributed by atoms with van der Waals surface area (Å²) in [6.45, 7) is 2.82. The number of imidazole rings is 1. The molecule has 0 saturated heterocycles. The molecule has 0 aliphatic heterocycles. The van der Waals surface area contributed by atoms with Gasteiger partial charge in [0.1, 0.15) is 0 Å². The Kier molecular flexibility index (Phi) is 4.89. The Morgan fingerprint density at radius 2 is 1.74 bits per heavy atom. The van der Waals surface area contributed by atoms with Crippen molar-refractivity contribution in [2.24, 2.45) is 0 Å². The molecule has 3 nitrogen and oxygen atoms in total. The number of aliphatic hydroxyl groups excluding tert-OH is 1. The molecule has 1 unspecified atom stereocenters. The molecule has 1 aromatic heterocycles. The highest BCUT2D eigenvalue weighted by Crippen LogP contribution is 2.20. The Hall–Kier alpha value is -2.39. The van der Waals surface area contributed by atoms with Gasteiger partial charge in [-0.05, 0) is 30.9 Å². The monoisotopic (exact) mass is 306 g/mol. The summed E-state index contributed by atoms with van der Waals surface area (Å²) in [6.07, 6.45) is 4.62. The summed E-state index contributed by atoms with van der Waals surface area (Å²) < 4.78 is 2.03. The van der Waals surface area contributed by atoms with Crippen LogP contribution in [-0.2, 0) is 13.0 Å². The quantitative estimate of drug-likeness (QED) is 0.750. The van der Waals surface area contributed by atoms with Gasteiger partial charge in [0.15, 0.2) is 0 Å². The number of aliphatic hydroxyl groups is 1. The molecule has 118 valence electrons. The molecule has 0 aliphatic rings.